The third kappa shape index (κ3) is 2.95. The second-order valence-electron chi connectivity index (χ2n) is 3.72. The average Bonchev–Trinajstić information content (AvgIpc) is 2.79. The molecule has 0 aliphatic heterocycles. The molecule has 2 N–H and O–H groups in total. The molecule has 0 radical (unpaired) electrons. The van der Waals surface area contributed by atoms with Gasteiger partial charge in [-0.05, 0) is 18.2 Å². The number of nitrogens with one attached hydrogen (secondary N) is 1. The molecule has 2 rings (SSSR count). The molecule has 2 heterocycles. The number of carbonyl (C=O) groups excluding carboxylic acids is 1. The lowest BCUT2D eigenvalue weighted by Crippen LogP contribution is -2.19. The number of halogens is 1. The van der Waals surface area contributed by atoms with Gasteiger partial charge in [0.15, 0.2) is 5.82 Å². The molecule has 2 aromatic rings. The van der Waals surface area contributed by atoms with Crippen LogP contribution in [0.4, 0.5) is 10.1 Å². The van der Waals surface area contributed by atoms with Gasteiger partial charge in [-0.2, -0.15) is 0 Å². The van der Waals surface area contributed by atoms with E-state index in [0.717, 1.165) is 6.20 Å². The second-order valence-corrected chi connectivity index (χ2v) is 3.72. The fourth-order valence-corrected chi connectivity index (χ4v) is 1.57. The number of carboxylic acids is 1. The number of hydrogen-bond donors (Lipinski definition) is 2. The number of hydrogen-bond acceptors (Lipinski definition) is 3. The predicted octanol–water partition coefficient (Wildman–Crippen LogP) is 1.36. The lowest BCUT2D eigenvalue weighted by Gasteiger charge is -2.08. The van der Waals surface area contributed by atoms with E-state index in [1.54, 1.807) is 6.07 Å². The van der Waals surface area contributed by atoms with Crippen LogP contribution in [0.2, 0.25) is 0 Å². The van der Waals surface area contributed by atoms with Crippen molar-refractivity contribution in [3.63, 3.8) is 0 Å². The SMILES string of the molecule is O=C(O)Cn1cccc1C(=O)Nc1ccncc1F. The van der Waals surface area contributed by atoms with Gasteiger partial charge in [0.05, 0.1) is 11.9 Å². The zero-order chi connectivity index (χ0) is 13.8. The molecule has 1 amide bonds. The minimum atomic E-state index is -1.07. The van der Waals surface area contributed by atoms with E-state index in [4.69, 9.17) is 5.11 Å². The maximum Gasteiger partial charge on any atom is 0.323 e. The summed E-state index contributed by atoms with van der Waals surface area (Å²) in [5.41, 5.74) is 0.127. The highest BCUT2D eigenvalue weighted by molar-refractivity contribution is 6.03. The second kappa shape index (κ2) is 5.30. The highest BCUT2D eigenvalue weighted by atomic mass is 19.1. The monoisotopic (exact) mass is 263 g/mol. The normalized spacial score (nSPS) is 10.2. The van der Waals surface area contributed by atoms with E-state index in [2.05, 4.69) is 10.3 Å². The molecule has 0 aliphatic rings. The van der Waals surface area contributed by atoms with Crippen LogP contribution in [0.5, 0.6) is 0 Å². The van der Waals surface area contributed by atoms with Gasteiger partial charge >= 0.3 is 5.97 Å². The number of aliphatic carboxylic acids is 1. The van der Waals surface area contributed by atoms with Crippen molar-refractivity contribution in [2.24, 2.45) is 0 Å². The summed E-state index contributed by atoms with van der Waals surface area (Å²) in [6.45, 7) is -0.339. The maximum atomic E-state index is 13.3. The summed E-state index contributed by atoms with van der Waals surface area (Å²) in [5.74, 6) is -2.32. The Labute approximate surface area is 107 Å². The van der Waals surface area contributed by atoms with Crippen LogP contribution >= 0.6 is 0 Å². The van der Waals surface area contributed by atoms with Crippen LogP contribution in [-0.2, 0) is 11.3 Å². The first-order valence-corrected chi connectivity index (χ1v) is 5.35. The zero-order valence-corrected chi connectivity index (χ0v) is 9.71. The number of pyridine rings is 1. The summed E-state index contributed by atoms with van der Waals surface area (Å²) in [4.78, 5) is 26.1. The standard InChI is InChI=1S/C12H10FN3O3/c13-8-6-14-4-3-9(8)15-12(19)10-2-1-5-16(10)7-11(17)18/h1-6H,7H2,(H,17,18)(H,14,15,19). The van der Waals surface area contributed by atoms with Crippen molar-refractivity contribution in [2.75, 3.05) is 5.32 Å². The summed E-state index contributed by atoms with van der Waals surface area (Å²) in [5, 5.41) is 11.1. The molecule has 0 atom stereocenters. The Hall–Kier alpha value is -2.70. The number of rotatable bonds is 4. The van der Waals surface area contributed by atoms with E-state index in [9.17, 15) is 14.0 Å². The Morgan fingerprint density at radius 1 is 1.42 bits per heavy atom. The van der Waals surface area contributed by atoms with Gasteiger partial charge in [-0.3, -0.25) is 14.6 Å². The van der Waals surface area contributed by atoms with E-state index < -0.39 is 17.7 Å². The number of carbonyl (C=O) groups is 2. The first-order valence-electron chi connectivity index (χ1n) is 5.35. The minimum Gasteiger partial charge on any atom is -0.480 e. The van der Waals surface area contributed by atoms with Crippen LogP contribution in [0.15, 0.2) is 36.8 Å². The molecule has 0 saturated heterocycles. The van der Waals surface area contributed by atoms with Gasteiger partial charge in [0.2, 0.25) is 0 Å². The summed E-state index contributed by atoms with van der Waals surface area (Å²) < 4.78 is 14.6. The van der Waals surface area contributed by atoms with Gasteiger partial charge in [-0.15, -0.1) is 0 Å². The summed E-state index contributed by atoms with van der Waals surface area (Å²) in [6.07, 6.45) is 3.78. The van der Waals surface area contributed by atoms with Crippen LogP contribution in [0, 0.1) is 5.82 Å². The molecule has 0 spiro atoms. The largest absolute Gasteiger partial charge is 0.480 e. The molecule has 6 nitrogen and oxygen atoms in total. The molecule has 0 bridgehead atoms. The number of amides is 1. The Bertz CT molecular complexity index is 624. The van der Waals surface area contributed by atoms with Gasteiger partial charge in [-0.1, -0.05) is 0 Å². The Morgan fingerprint density at radius 2 is 2.21 bits per heavy atom. The minimum absolute atomic E-state index is 0.0110. The van der Waals surface area contributed by atoms with Crippen molar-refractivity contribution in [2.45, 2.75) is 6.54 Å². The smallest absolute Gasteiger partial charge is 0.323 e. The van der Waals surface area contributed by atoms with E-state index in [-0.39, 0.29) is 17.9 Å². The van der Waals surface area contributed by atoms with Gasteiger partial charge in [-0.25, -0.2) is 4.39 Å². The van der Waals surface area contributed by atoms with Crippen molar-refractivity contribution >= 4 is 17.6 Å². The van der Waals surface area contributed by atoms with Gasteiger partial charge in [0.25, 0.3) is 5.91 Å². The van der Waals surface area contributed by atoms with Crippen LogP contribution in [0.1, 0.15) is 10.5 Å². The Balaban J connectivity index is 2.19. The highest BCUT2D eigenvalue weighted by Crippen LogP contribution is 2.13. The third-order valence-corrected chi connectivity index (χ3v) is 2.39. The van der Waals surface area contributed by atoms with Gasteiger partial charge in [0.1, 0.15) is 12.2 Å². The number of aromatic nitrogens is 2. The van der Waals surface area contributed by atoms with Crippen molar-refractivity contribution in [3.05, 3.63) is 48.3 Å². The van der Waals surface area contributed by atoms with E-state index in [1.807, 2.05) is 0 Å². The van der Waals surface area contributed by atoms with Crippen molar-refractivity contribution in [1.82, 2.24) is 9.55 Å². The number of carboxylic acid groups (broad SMARTS) is 1. The van der Waals surface area contributed by atoms with Crippen molar-refractivity contribution in [3.8, 4) is 0 Å². The topological polar surface area (TPSA) is 84.2 Å². The van der Waals surface area contributed by atoms with E-state index in [1.165, 1.54) is 29.1 Å². The Kier molecular flexibility index (Phi) is 3.56. The molecule has 0 aromatic carbocycles. The third-order valence-electron chi connectivity index (χ3n) is 2.39. The van der Waals surface area contributed by atoms with Crippen LogP contribution in [0.3, 0.4) is 0 Å². The Morgan fingerprint density at radius 3 is 2.89 bits per heavy atom. The molecule has 0 saturated carbocycles. The van der Waals surface area contributed by atoms with Crippen LogP contribution < -0.4 is 5.32 Å². The fourth-order valence-electron chi connectivity index (χ4n) is 1.57. The summed E-state index contributed by atoms with van der Waals surface area (Å²) >= 11 is 0. The van der Waals surface area contributed by atoms with Crippen molar-refractivity contribution < 1.29 is 19.1 Å². The van der Waals surface area contributed by atoms with Crippen molar-refractivity contribution in [1.29, 1.82) is 0 Å². The number of nitrogens with zero attached hydrogens (tertiary/aromatic N) is 2. The molecule has 98 valence electrons. The molecular weight excluding hydrogens is 253 g/mol. The molecule has 7 heteroatoms. The molecular formula is C12H10FN3O3. The first-order chi connectivity index (χ1) is 9.08. The molecule has 0 aliphatic carbocycles. The lowest BCUT2D eigenvalue weighted by atomic mass is 10.3. The fraction of sp³-hybridized carbons (Fsp3) is 0.0833. The van der Waals surface area contributed by atoms with Crippen LogP contribution in [0.25, 0.3) is 0 Å². The van der Waals surface area contributed by atoms with E-state index in [0.29, 0.717) is 0 Å². The molecule has 0 unspecified atom stereocenters. The molecule has 2 aromatic heterocycles. The molecule has 19 heavy (non-hydrogen) atoms. The first kappa shape index (κ1) is 12.7. The summed E-state index contributed by atoms with van der Waals surface area (Å²) in [6, 6.07) is 4.32. The van der Waals surface area contributed by atoms with Crippen LogP contribution in [-0.4, -0.2) is 26.5 Å². The maximum absolute atomic E-state index is 13.3. The molecule has 0 fully saturated rings. The van der Waals surface area contributed by atoms with Gasteiger partial charge in [0, 0.05) is 12.4 Å². The summed E-state index contributed by atoms with van der Waals surface area (Å²) in [7, 11) is 0. The average molecular weight is 263 g/mol. The highest BCUT2D eigenvalue weighted by Gasteiger charge is 2.14. The van der Waals surface area contributed by atoms with Gasteiger partial charge < -0.3 is 15.0 Å². The van der Waals surface area contributed by atoms with E-state index >= 15 is 0 Å². The predicted molar refractivity (Wildman–Crippen MR) is 64.2 cm³/mol. The lowest BCUT2D eigenvalue weighted by molar-refractivity contribution is -0.137. The quantitative estimate of drug-likeness (QED) is 0.872. The number of anilines is 1. The zero-order valence-electron chi connectivity index (χ0n) is 9.71.